The van der Waals surface area contributed by atoms with Crippen LogP contribution in [0.25, 0.3) is 22.6 Å². The lowest BCUT2D eigenvalue weighted by Gasteiger charge is -2.24. The SMILES string of the molecule is Cc1cccc(N2CCS/C2=N\C(=O)N/C=C(\C#N)c2ccc(-c3ncn(-c4ccc(OC(F)(F)F)cc4)n3)cc2)c1C(C)C. The number of carbonyl (C=O) groups excluding carboxylic acids is 1. The summed E-state index contributed by atoms with van der Waals surface area (Å²) in [6.07, 6.45) is -2.01. The van der Waals surface area contributed by atoms with Gasteiger partial charge in [-0.2, -0.15) is 10.3 Å². The first-order chi connectivity index (χ1) is 21.5. The van der Waals surface area contributed by atoms with E-state index >= 15 is 0 Å². The van der Waals surface area contributed by atoms with Gasteiger partial charge in [-0.15, -0.1) is 18.3 Å². The molecule has 1 N–H and O–H groups in total. The first-order valence-corrected chi connectivity index (χ1v) is 14.9. The molecule has 2 heterocycles. The van der Waals surface area contributed by atoms with Gasteiger partial charge in [0.25, 0.3) is 0 Å². The fourth-order valence-corrected chi connectivity index (χ4v) is 5.87. The minimum absolute atomic E-state index is 0.228. The molecule has 0 bridgehead atoms. The maximum Gasteiger partial charge on any atom is 0.573 e. The van der Waals surface area contributed by atoms with Crippen molar-refractivity contribution < 1.29 is 22.7 Å². The van der Waals surface area contributed by atoms with E-state index in [0.717, 1.165) is 18.0 Å². The highest BCUT2D eigenvalue weighted by atomic mass is 32.2. The molecule has 1 saturated heterocycles. The number of rotatable bonds is 7. The first kappa shape index (κ1) is 31.3. The molecule has 5 rings (SSSR count). The van der Waals surface area contributed by atoms with Crippen molar-refractivity contribution in [3.8, 4) is 28.9 Å². The molecule has 0 aliphatic carbocycles. The Kier molecular flexibility index (Phi) is 9.24. The van der Waals surface area contributed by atoms with Crippen molar-refractivity contribution in [1.29, 1.82) is 5.26 Å². The van der Waals surface area contributed by atoms with Crippen LogP contribution in [0.5, 0.6) is 5.75 Å². The van der Waals surface area contributed by atoms with E-state index in [1.165, 1.54) is 64.4 Å². The van der Waals surface area contributed by atoms with E-state index < -0.39 is 12.4 Å². The van der Waals surface area contributed by atoms with E-state index in [-0.39, 0.29) is 11.3 Å². The Labute approximate surface area is 262 Å². The molecular weight excluding hydrogens is 603 g/mol. The Morgan fingerprint density at radius 1 is 1.13 bits per heavy atom. The van der Waals surface area contributed by atoms with Crippen LogP contribution < -0.4 is 15.0 Å². The minimum atomic E-state index is -4.77. The molecule has 45 heavy (non-hydrogen) atoms. The van der Waals surface area contributed by atoms with E-state index in [1.807, 2.05) is 12.1 Å². The molecule has 0 saturated carbocycles. The summed E-state index contributed by atoms with van der Waals surface area (Å²) in [4.78, 5) is 23.4. The molecule has 0 unspecified atom stereocenters. The predicted molar refractivity (Wildman–Crippen MR) is 168 cm³/mol. The highest BCUT2D eigenvalue weighted by Gasteiger charge is 2.31. The minimum Gasteiger partial charge on any atom is -0.406 e. The lowest BCUT2D eigenvalue weighted by Crippen LogP contribution is -2.27. The second-order valence-electron chi connectivity index (χ2n) is 10.3. The summed E-state index contributed by atoms with van der Waals surface area (Å²) in [5.74, 6) is 1.15. The zero-order valence-corrected chi connectivity index (χ0v) is 25.4. The highest BCUT2D eigenvalue weighted by Crippen LogP contribution is 2.34. The van der Waals surface area contributed by atoms with Gasteiger partial charge in [-0.25, -0.2) is 14.5 Å². The number of carbonyl (C=O) groups is 1. The molecule has 3 aromatic carbocycles. The van der Waals surface area contributed by atoms with E-state index in [0.29, 0.717) is 33.7 Å². The summed E-state index contributed by atoms with van der Waals surface area (Å²) in [5.41, 5.74) is 5.39. The average Bonchev–Trinajstić information content (AvgIpc) is 3.67. The van der Waals surface area contributed by atoms with Crippen molar-refractivity contribution in [2.24, 2.45) is 4.99 Å². The van der Waals surface area contributed by atoms with Crippen molar-refractivity contribution in [2.45, 2.75) is 33.1 Å². The molecule has 1 fully saturated rings. The summed E-state index contributed by atoms with van der Waals surface area (Å²) in [6.45, 7) is 7.11. The molecule has 1 aromatic heterocycles. The number of hydrogen-bond donors (Lipinski definition) is 1. The number of alkyl halides is 3. The molecule has 4 aromatic rings. The van der Waals surface area contributed by atoms with Gasteiger partial charge >= 0.3 is 12.4 Å². The number of aryl methyl sites for hydroxylation is 1. The number of benzene rings is 3. The standard InChI is InChI=1S/C32H28F3N7O2S/c1-20(2)28-21(3)5-4-6-27(28)41-15-16-45-31(41)39-30(43)37-18-24(17-36)22-7-9-23(10-8-22)29-38-19-42(40-29)25-11-13-26(14-12-25)44-32(33,34)35/h4-14,18-20H,15-16H2,1-3H3,(H,37,43)/b24-18+,39-31-. The summed E-state index contributed by atoms with van der Waals surface area (Å²) in [7, 11) is 0. The van der Waals surface area contributed by atoms with Gasteiger partial charge in [0.2, 0.25) is 0 Å². The van der Waals surface area contributed by atoms with E-state index in [4.69, 9.17) is 0 Å². The van der Waals surface area contributed by atoms with Crippen molar-refractivity contribution in [3.05, 3.63) is 95.9 Å². The summed E-state index contributed by atoms with van der Waals surface area (Å²) >= 11 is 1.51. The lowest BCUT2D eigenvalue weighted by molar-refractivity contribution is -0.274. The third kappa shape index (κ3) is 7.53. The molecule has 1 aliphatic rings. The third-order valence-corrected chi connectivity index (χ3v) is 7.84. The number of thioether (sulfide) groups is 1. The Morgan fingerprint density at radius 2 is 1.87 bits per heavy atom. The smallest absolute Gasteiger partial charge is 0.406 e. The first-order valence-electron chi connectivity index (χ1n) is 13.9. The number of aromatic nitrogens is 3. The van der Waals surface area contributed by atoms with Crippen LogP contribution in [-0.2, 0) is 0 Å². The lowest BCUT2D eigenvalue weighted by atomic mass is 9.95. The van der Waals surface area contributed by atoms with Crippen molar-refractivity contribution in [1.82, 2.24) is 20.1 Å². The zero-order valence-electron chi connectivity index (χ0n) is 24.5. The zero-order chi connectivity index (χ0) is 32.1. The number of anilines is 1. The number of nitriles is 1. The van der Waals surface area contributed by atoms with Gasteiger partial charge < -0.3 is 15.0 Å². The molecule has 0 spiro atoms. The van der Waals surface area contributed by atoms with Crippen LogP contribution in [0, 0.1) is 18.3 Å². The monoisotopic (exact) mass is 631 g/mol. The number of nitrogens with zero attached hydrogens (tertiary/aromatic N) is 6. The third-order valence-electron chi connectivity index (χ3n) is 6.88. The molecular formula is C32H28F3N7O2S. The maximum absolute atomic E-state index is 12.8. The van der Waals surface area contributed by atoms with E-state index in [1.54, 1.807) is 24.3 Å². The van der Waals surface area contributed by atoms with Crippen LogP contribution in [0.3, 0.4) is 0 Å². The van der Waals surface area contributed by atoms with Gasteiger partial charge in [-0.1, -0.05) is 62.0 Å². The van der Waals surface area contributed by atoms with Gasteiger partial charge in [0.1, 0.15) is 18.1 Å². The van der Waals surface area contributed by atoms with Crippen molar-refractivity contribution >= 4 is 34.2 Å². The van der Waals surface area contributed by atoms with Gasteiger partial charge in [0.05, 0.1) is 11.3 Å². The number of ether oxygens (including phenoxy) is 1. The molecule has 2 amide bonds. The Hall–Kier alpha value is -5.09. The number of urea groups is 1. The van der Waals surface area contributed by atoms with Crippen LogP contribution in [-0.4, -0.2) is 44.6 Å². The number of halogens is 3. The number of aliphatic imine (C=N–C) groups is 1. The van der Waals surface area contributed by atoms with Crippen LogP contribution in [0.15, 0.2) is 84.2 Å². The van der Waals surface area contributed by atoms with Gasteiger partial charge in [-0.05, 0) is 59.9 Å². The largest absolute Gasteiger partial charge is 0.573 e. The van der Waals surface area contributed by atoms with Gasteiger partial charge in [0, 0.05) is 29.7 Å². The van der Waals surface area contributed by atoms with Crippen molar-refractivity contribution in [2.75, 3.05) is 17.2 Å². The Balaban J connectivity index is 1.26. The fraction of sp³-hybridized carbons (Fsp3) is 0.219. The van der Waals surface area contributed by atoms with Crippen molar-refractivity contribution in [3.63, 3.8) is 0 Å². The van der Waals surface area contributed by atoms with Crippen LogP contribution >= 0.6 is 11.8 Å². The van der Waals surface area contributed by atoms with Gasteiger partial charge in [0.15, 0.2) is 11.0 Å². The number of nitrogens with one attached hydrogen (secondary N) is 1. The summed E-state index contributed by atoms with van der Waals surface area (Å²) in [5, 5.41) is 17.4. The normalized spacial score (nSPS) is 14.6. The predicted octanol–water partition coefficient (Wildman–Crippen LogP) is 7.45. The number of hydrogen-bond acceptors (Lipinski definition) is 6. The topological polar surface area (TPSA) is 108 Å². The molecule has 0 atom stereocenters. The quantitative estimate of drug-likeness (QED) is 0.211. The van der Waals surface area contributed by atoms with Crippen LogP contribution in [0.2, 0.25) is 0 Å². The van der Waals surface area contributed by atoms with E-state index in [9.17, 15) is 23.2 Å². The van der Waals surface area contributed by atoms with Gasteiger partial charge in [-0.3, -0.25) is 0 Å². The van der Waals surface area contributed by atoms with Crippen LogP contribution in [0.4, 0.5) is 23.7 Å². The number of amidine groups is 1. The second kappa shape index (κ2) is 13.3. The summed E-state index contributed by atoms with van der Waals surface area (Å²) < 4.78 is 42.6. The fourth-order valence-electron chi connectivity index (χ4n) is 4.92. The molecule has 9 nitrogen and oxygen atoms in total. The van der Waals surface area contributed by atoms with E-state index in [2.05, 4.69) is 62.9 Å². The number of allylic oxidation sites excluding steroid dienone is 1. The Morgan fingerprint density at radius 3 is 2.53 bits per heavy atom. The highest BCUT2D eigenvalue weighted by molar-refractivity contribution is 8.14. The second-order valence-corrected chi connectivity index (χ2v) is 11.4. The number of amides is 2. The van der Waals surface area contributed by atoms with Crippen LogP contribution in [0.1, 0.15) is 36.5 Å². The summed E-state index contributed by atoms with van der Waals surface area (Å²) in [6, 6.07) is 19.7. The Bertz CT molecular complexity index is 1790. The molecule has 0 radical (unpaired) electrons. The maximum atomic E-state index is 12.8. The molecule has 13 heteroatoms. The molecule has 1 aliphatic heterocycles. The average molecular weight is 632 g/mol. The molecule has 230 valence electrons.